The highest BCUT2D eigenvalue weighted by atomic mass is 35.5. The number of ether oxygens (including phenoxy) is 2. The molecule has 0 bridgehead atoms. The molecule has 5 heteroatoms. The van der Waals surface area contributed by atoms with Crippen molar-refractivity contribution in [2.24, 2.45) is 0 Å². The van der Waals surface area contributed by atoms with E-state index in [-0.39, 0.29) is 5.54 Å². The van der Waals surface area contributed by atoms with Crippen molar-refractivity contribution in [3.05, 3.63) is 17.2 Å². The summed E-state index contributed by atoms with van der Waals surface area (Å²) in [6, 6.07) is 3.81. The lowest BCUT2D eigenvalue weighted by atomic mass is 9.98. The van der Waals surface area contributed by atoms with Gasteiger partial charge in [0.05, 0.1) is 24.9 Å². The molecule has 118 valence electrons. The summed E-state index contributed by atoms with van der Waals surface area (Å²) in [5, 5.41) is 4.22. The fourth-order valence-corrected chi connectivity index (χ4v) is 2.98. The largest absolute Gasteiger partial charge is 0.495 e. The van der Waals surface area contributed by atoms with Gasteiger partial charge in [0, 0.05) is 30.8 Å². The van der Waals surface area contributed by atoms with E-state index in [1.54, 1.807) is 14.2 Å². The van der Waals surface area contributed by atoms with E-state index in [0.29, 0.717) is 10.8 Å². The monoisotopic (exact) mass is 312 g/mol. The van der Waals surface area contributed by atoms with Crippen LogP contribution in [-0.2, 0) is 0 Å². The van der Waals surface area contributed by atoms with Crippen molar-refractivity contribution in [3.8, 4) is 11.5 Å². The molecule has 0 saturated carbocycles. The number of hydrogen-bond acceptors (Lipinski definition) is 4. The molecule has 1 aliphatic rings. The van der Waals surface area contributed by atoms with Gasteiger partial charge in [-0.1, -0.05) is 18.5 Å². The van der Waals surface area contributed by atoms with Crippen LogP contribution >= 0.6 is 11.6 Å². The smallest absolute Gasteiger partial charge is 0.143 e. The lowest BCUT2D eigenvalue weighted by Crippen LogP contribution is -2.48. The van der Waals surface area contributed by atoms with E-state index in [2.05, 4.69) is 24.1 Å². The molecule has 0 spiro atoms. The van der Waals surface area contributed by atoms with E-state index in [1.165, 1.54) is 0 Å². The minimum atomic E-state index is 0.106. The predicted octanol–water partition coefficient (Wildman–Crippen LogP) is 3.33. The molecule has 0 aromatic heterocycles. The molecule has 1 aliphatic heterocycles. The van der Waals surface area contributed by atoms with Crippen molar-refractivity contribution < 1.29 is 9.47 Å². The summed E-state index contributed by atoms with van der Waals surface area (Å²) in [6.07, 6.45) is 2.18. The summed E-state index contributed by atoms with van der Waals surface area (Å²) in [5.41, 5.74) is 1.15. The van der Waals surface area contributed by atoms with Crippen LogP contribution in [-0.4, -0.2) is 39.4 Å². The van der Waals surface area contributed by atoms with E-state index in [0.717, 1.165) is 43.9 Å². The fourth-order valence-electron chi connectivity index (χ4n) is 2.75. The predicted molar refractivity (Wildman–Crippen MR) is 88.1 cm³/mol. The Labute approximate surface area is 132 Å². The van der Waals surface area contributed by atoms with Gasteiger partial charge < -0.3 is 19.7 Å². The third-order valence-corrected chi connectivity index (χ3v) is 4.57. The third-order valence-electron chi connectivity index (χ3n) is 4.27. The van der Waals surface area contributed by atoms with Crippen molar-refractivity contribution in [2.75, 3.05) is 38.8 Å². The average Bonchev–Trinajstić information content (AvgIpc) is 2.69. The first kappa shape index (κ1) is 16.2. The Morgan fingerprint density at radius 2 is 2.00 bits per heavy atom. The number of halogens is 1. The third kappa shape index (κ3) is 3.55. The number of benzene rings is 1. The molecule has 4 nitrogen and oxygen atoms in total. The molecule has 0 amide bonds. The van der Waals surface area contributed by atoms with Gasteiger partial charge in [0.15, 0.2) is 0 Å². The second-order valence-corrected chi connectivity index (χ2v) is 6.18. The van der Waals surface area contributed by atoms with Gasteiger partial charge in [-0.05, 0) is 26.3 Å². The van der Waals surface area contributed by atoms with Gasteiger partial charge in [0.2, 0.25) is 0 Å². The first-order chi connectivity index (χ1) is 10.0. The summed E-state index contributed by atoms with van der Waals surface area (Å²) in [4.78, 5) is 2.36. The molecule has 2 rings (SSSR count). The first-order valence-corrected chi connectivity index (χ1v) is 7.82. The quantitative estimate of drug-likeness (QED) is 0.924. The van der Waals surface area contributed by atoms with E-state index in [1.807, 2.05) is 12.1 Å². The van der Waals surface area contributed by atoms with Crippen LogP contribution in [0.2, 0.25) is 5.02 Å². The van der Waals surface area contributed by atoms with Crippen molar-refractivity contribution in [3.63, 3.8) is 0 Å². The second kappa shape index (κ2) is 6.75. The van der Waals surface area contributed by atoms with E-state index in [9.17, 15) is 0 Å². The molecule has 1 fully saturated rings. The van der Waals surface area contributed by atoms with E-state index < -0.39 is 0 Å². The van der Waals surface area contributed by atoms with Gasteiger partial charge >= 0.3 is 0 Å². The highest BCUT2D eigenvalue weighted by molar-refractivity contribution is 6.32. The zero-order chi connectivity index (χ0) is 15.5. The molecule has 1 saturated heterocycles. The van der Waals surface area contributed by atoms with Crippen LogP contribution in [0.1, 0.15) is 26.7 Å². The van der Waals surface area contributed by atoms with Crippen LogP contribution < -0.4 is 19.7 Å². The highest BCUT2D eigenvalue weighted by Crippen LogP contribution is 2.39. The zero-order valence-electron chi connectivity index (χ0n) is 13.3. The van der Waals surface area contributed by atoms with Gasteiger partial charge in [-0.25, -0.2) is 0 Å². The summed E-state index contributed by atoms with van der Waals surface area (Å²) >= 11 is 6.20. The Hall–Kier alpha value is -1.13. The molecule has 1 atom stereocenters. The molecule has 1 N–H and O–H groups in total. The molecule has 1 unspecified atom stereocenters. The molecule has 0 aliphatic carbocycles. The standard InChI is InChI=1S/C16H25ClN2O2/c1-5-16(2)11-19(8-6-7-18-16)13-10-14(20-3)12(17)9-15(13)21-4/h9-10,18H,5-8,11H2,1-4H3. The van der Waals surface area contributed by atoms with Crippen molar-refractivity contribution >= 4 is 17.3 Å². The molecular weight excluding hydrogens is 288 g/mol. The normalized spacial score (nSPS) is 22.8. The Balaban J connectivity index is 2.38. The molecule has 0 radical (unpaired) electrons. The van der Waals surface area contributed by atoms with Crippen LogP contribution in [0.4, 0.5) is 5.69 Å². The molecule has 1 aromatic carbocycles. The van der Waals surface area contributed by atoms with Crippen LogP contribution in [0, 0.1) is 0 Å². The number of methoxy groups -OCH3 is 2. The summed E-state index contributed by atoms with van der Waals surface area (Å²) in [5.74, 6) is 1.48. The topological polar surface area (TPSA) is 33.7 Å². The lowest BCUT2D eigenvalue weighted by Gasteiger charge is -2.34. The number of nitrogens with one attached hydrogen (secondary N) is 1. The zero-order valence-corrected chi connectivity index (χ0v) is 14.1. The van der Waals surface area contributed by atoms with Gasteiger partial charge in [0.1, 0.15) is 11.5 Å². The molecule has 1 aromatic rings. The fraction of sp³-hybridized carbons (Fsp3) is 0.625. The summed E-state index contributed by atoms with van der Waals surface area (Å²) < 4.78 is 10.9. The van der Waals surface area contributed by atoms with Crippen LogP contribution in [0.5, 0.6) is 11.5 Å². The highest BCUT2D eigenvalue weighted by Gasteiger charge is 2.29. The first-order valence-electron chi connectivity index (χ1n) is 7.44. The number of hydrogen-bond donors (Lipinski definition) is 1. The molecule has 1 heterocycles. The minimum absolute atomic E-state index is 0.106. The van der Waals surface area contributed by atoms with Gasteiger partial charge in [-0.15, -0.1) is 0 Å². The van der Waals surface area contributed by atoms with Crippen molar-refractivity contribution in [2.45, 2.75) is 32.2 Å². The maximum atomic E-state index is 6.20. The molecular formula is C16H25ClN2O2. The Morgan fingerprint density at radius 3 is 2.62 bits per heavy atom. The maximum Gasteiger partial charge on any atom is 0.143 e. The number of anilines is 1. The van der Waals surface area contributed by atoms with E-state index in [4.69, 9.17) is 21.1 Å². The van der Waals surface area contributed by atoms with Crippen molar-refractivity contribution in [1.29, 1.82) is 0 Å². The van der Waals surface area contributed by atoms with Gasteiger partial charge in [-0.2, -0.15) is 0 Å². The summed E-state index contributed by atoms with van der Waals surface area (Å²) in [7, 11) is 3.31. The average molecular weight is 313 g/mol. The maximum absolute atomic E-state index is 6.20. The number of nitrogens with zero attached hydrogens (tertiary/aromatic N) is 1. The Morgan fingerprint density at radius 1 is 1.29 bits per heavy atom. The van der Waals surface area contributed by atoms with Crippen LogP contribution in [0.15, 0.2) is 12.1 Å². The second-order valence-electron chi connectivity index (χ2n) is 5.77. The Kier molecular flexibility index (Phi) is 5.22. The van der Waals surface area contributed by atoms with Crippen LogP contribution in [0.25, 0.3) is 0 Å². The molecule has 21 heavy (non-hydrogen) atoms. The number of rotatable bonds is 4. The SMILES string of the molecule is CCC1(C)CN(c2cc(OC)c(Cl)cc2OC)CCCN1. The lowest BCUT2D eigenvalue weighted by molar-refractivity contribution is 0.363. The van der Waals surface area contributed by atoms with Gasteiger partial charge in [-0.3, -0.25) is 0 Å². The van der Waals surface area contributed by atoms with Crippen molar-refractivity contribution in [1.82, 2.24) is 5.32 Å². The minimum Gasteiger partial charge on any atom is -0.495 e. The summed E-state index contributed by atoms with van der Waals surface area (Å²) in [6.45, 7) is 7.45. The van der Waals surface area contributed by atoms with Crippen LogP contribution in [0.3, 0.4) is 0 Å². The van der Waals surface area contributed by atoms with Gasteiger partial charge in [0.25, 0.3) is 0 Å². The van der Waals surface area contributed by atoms with E-state index >= 15 is 0 Å². The Bertz CT molecular complexity index is 495.